The van der Waals surface area contributed by atoms with E-state index in [0.29, 0.717) is 11.8 Å². The van der Waals surface area contributed by atoms with Crippen molar-refractivity contribution in [2.45, 2.75) is 25.3 Å². The van der Waals surface area contributed by atoms with Crippen LogP contribution in [0.5, 0.6) is 0 Å². The number of imidazole rings is 1. The van der Waals surface area contributed by atoms with Gasteiger partial charge in [0.05, 0.1) is 22.6 Å². The maximum absolute atomic E-state index is 6.00. The van der Waals surface area contributed by atoms with Gasteiger partial charge in [-0.05, 0) is 6.07 Å². The molecule has 1 unspecified atom stereocenters. The minimum atomic E-state index is 0.340. The minimum absolute atomic E-state index is 0.340. The Kier molecular flexibility index (Phi) is 3.48. The molecule has 0 spiro atoms. The van der Waals surface area contributed by atoms with Crippen molar-refractivity contribution in [3.63, 3.8) is 0 Å². The molecule has 0 fully saturated rings. The second-order valence-corrected chi connectivity index (χ2v) is 5.60. The number of aromatic nitrogens is 4. The van der Waals surface area contributed by atoms with Crippen LogP contribution < -0.4 is 0 Å². The summed E-state index contributed by atoms with van der Waals surface area (Å²) in [5.41, 5.74) is 1.97. The number of nitrogens with zero attached hydrogens (tertiary/aromatic N) is 4. The molecule has 1 atom stereocenters. The van der Waals surface area contributed by atoms with Crippen molar-refractivity contribution in [2.24, 2.45) is 0 Å². The lowest BCUT2D eigenvalue weighted by Gasteiger charge is -2.12. The van der Waals surface area contributed by atoms with Gasteiger partial charge in [0, 0.05) is 30.2 Å². The number of fused-ring (bicyclic) bond motifs is 1. The Balaban J connectivity index is 1.99. The quantitative estimate of drug-likeness (QED) is 0.692. The van der Waals surface area contributed by atoms with Crippen molar-refractivity contribution < 1.29 is 0 Å². The van der Waals surface area contributed by atoms with E-state index in [1.807, 2.05) is 17.6 Å². The van der Waals surface area contributed by atoms with E-state index in [1.54, 1.807) is 23.7 Å². The fourth-order valence-corrected chi connectivity index (χ4v) is 3.06. The molecule has 0 aliphatic heterocycles. The van der Waals surface area contributed by atoms with Crippen LogP contribution >= 0.6 is 22.9 Å². The Bertz CT molecular complexity index is 677. The molecule has 6 heteroatoms. The zero-order valence-corrected chi connectivity index (χ0v) is 12.0. The lowest BCUT2D eigenvalue weighted by atomic mass is 10.2. The summed E-state index contributed by atoms with van der Waals surface area (Å²) in [7, 11) is 0. The number of hydrogen-bond donors (Lipinski definition) is 0. The van der Waals surface area contributed by atoms with E-state index in [-0.39, 0.29) is 0 Å². The van der Waals surface area contributed by atoms with Crippen LogP contribution in [0, 0.1) is 0 Å². The summed E-state index contributed by atoms with van der Waals surface area (Å²) < 4.78 is 2.16. The first-order chi connectivity index (χ1) is 9.29. The maximum atomic E-state index is 6.00. The Morgan fingerprint density at radius 3 is 3.05 bits per heavy atom. The lowest BCUT2D eigenvalue weighted by molar-refractivity contribution is 0.592. The SMILES string of the molecule is CC(Cn1c(CCl)nc2cnccc21)c1nccs1. The number of rotatable bonds is 4. The predicted octanol–water partition coefficient (Wildman–Crippen LogP) is 3.43. The topological polar surface area (TPSA) is 43.6 Å². The van der Waals surface area contributed by atoms with Gasteiger partial charge < -0.3 is 4.57 Å². The normalized spacial score (nSPS) is 12.9. The van der Waals surface area contributed by atoms with E-state index in [1.165, 1.54) is 0 Å². The van der Waals surface area contributed by atoms with E-state index < -0.39 is 0 Å². The van der Waals surface area contributed by atoms with Crippen LogP contribution in [0.25, 0.3) is 11.0 Å². The molecular weight excluding hydrogens is 280 g/mol. The predicted molar refractivity (Wildman–Crippen MR) is 77.6 cm³/mol. The molecule has 0 N–H and O–H groups in total. The molecular formula is C13H13ClN4S. The summed E-state index contributed by atoms with van der Waals surface area (Å²) in [5, 5.41) is 3.14. The average Bonchev–Trinajstić information content (AvgIpc) is 3.06. The highest BCUT2D eigenvalue weighted by Gasteiger charge is 2.15. The van der Waals surface area contributed by atoms with Crippen LogP contribution in [-0.2, 0) is 12.4 Å². The van der Waals surface area contributed by atoms with Crippen molar-refractivity contribution in [2.75, 3.05) is 0 Å². The molecule has 0 amide bonds. The Hall–Kier alpha value is -1.46. The second-order valence-electron chi connectivity index (χ2n) is 4.41. The number of hydrogen-bond acceptors (Lipinski definition) is 4. The molecule has 4 nitrogen and oxygen atoms in total. The van der Waals surface area contributed by atoms with Gasteiger partial charge in [-0.15, -0.1) is 22.9 Å². The molecule has 0 aromatic carbocycles. The summed E-state index contributed by atoms with van der Waals surface area (Å²) >= 11 is 7.68. The standard InChI is InChI=1S/C13H13ClN4S/c1-9(13-16-4-5-19-13)8-18-11-2-3-15-7-10(11)17-12(18)6-14/h2-5,7,9H,6,8H2,1H3. The van der Waals surface area contributed by atoms with Crippen LogP contribution in [0.2, 0.25) is 0 Å². The van der Waals surface area contributed by atoms with Gasteiger partial charge in [0.1, 0.15) is 11.3 Å². The fraction of sp³-hybridized carbons (Fsp3) is 0.308. The molecule has 0 saturated heterocycles. The smallest absolute Gasteiger partial charge is 0.124 e. The summed E-state index contributed by atoms with van der Waals surface area (Å²) in [6.07, 6.45) is 5.40. The summed E-state index contributed by atoms with van der Waals surface area (Å²) in [5.74, 6) is 1.62. The average molecular weight is 293 g/mol. The summed E-state index contributed by atoms with van der Waals surface area (Å²) in [6, 6.07) is 1.98. The van der Waals surface area contributed by atoms with Gasteiger partial charge in [0.25, 0.3) is 0 Å². The first kappa shape index (κ1) is 12.6. The highest BCUT2D eigenvalue weighted by atomic mass is 35.5. The molecule has 0 radical (unpaired) electrons. The van der Waals surface area contributed by atoms with E-state index in [2.05, 4.69) is 26.4 Å². The number of halogens is 1. The Labute approximate surface area is 120 Å². The first-order valence-electron chi connectivity index (χ1n) is 6.04. The molecule has 3 aromatic heterocycles. The number of pyridine rings is 1. The van der Waals surface area contributed by atoms with Crippen LogP contribution in [0.15, 0.2) is 30.0 Å². The second kappa shape index (κ2) is 5.27. The van der Waals surface area contributed by atoms with Gasteiger partial charge >= 0.3 is 0 Å². The highest BCUT2D eigenvalue weighted by molar-refractivity contribution is 7.09. The maximum Gasteiger partial charge on any atom is 0.124 e. The van der Waals surface area contributed by atoms with Crippen LogP contribution in [-0.4, -0.2) is 19.5 Å². The molecule has 0 aliphatic rings. The third-order valence-electron chi connectivity index (χ3n) is 3.08. The van der Waals surface area contributed by atoms with Gasteiger partial charge in [0.2, 0.25) is 0 Å². The van der Waals surface area contributed by atoms with E-state index in [9.17, 15) is 0 Å². The van der Waals surface area contributed by atoms with Gasteiger partial charge in [0.15, 0.2) is 0 Å². The third-order valence-corrected chi connectivity index (χ3v) is 4.32. The van der Waals surface area contributed by atoms with Crippen molar-refractivity contribution in [3.8, 4) is 0 Å². The third kappa shape index (κ3) is 2.35. The van der Waals surface area contributed by atoms with E-state index >= 15 is 0 Å². The molecule has 3 aromatic rings. The minimum Gasteiger partial charge on any atom is -0.326 e. The van der Waals surface area contributed by atoms with E-state index in [4.69, 9.17) is 11.6 Å². The van der Waals surface area contributed by atoms with Crippen LogP contribution in [0.4, 0.5) is 0 Å². The Morgan fingerprint density at radius 1 is 1.42 bits per heavy atom. The molecule has 3 heterocycles. The van der Waals surface area contributed by atoms with Crippen molar-refractivity contribution >= 4 is 34.0 Å². The lowest BCUT2D eigenvalue weighted by Crippen LogP contribution is -2.08. The van der Waals surface area contributed by atoms with E-state index in [0.717, 1.165) is 28.4 Å². The Morgan fingerprint density at radius 2 is 2.32 bits per heavy atom. The molecule has 0 aliphatic carbocycles. The number of alkyl halides is 1. The van der Waals surface area contributed by atoms with Crippen molar-refractivity contribution in [1.29, 1.82) is 0 Å². The molecule has 3 rings (SSSR count). The summed E-state index contributed by atoms with van der Waals surface area (Å²) in [4.78, 5) is 13.0. The molecule has 19 heavy (non-hydrogen) atoms. The van der Waals surface area contributed by atoms with Crippen LogP contribution in [0.1, 0.15) is 23.7 Å². The first-order valence-corrected chi connectivity index (χ1v) is 7.45. The highest BCUT2D eigenvalue weighted by Crippen LogP contribution is 2.24. The van der Waals surface area contributed by atoms with Gasteiger partial charge in [-0.3, -0.25) is 4.98 Å². The van der Waals surface area contributed by atoms with Gasteiger partial charge in [-0.2, -0.15) is 0 Å². The van der Waals surface area contributed by atoms with Crippen molar-refractivity contribution in [3.05, 3.63) is 40.9 Å². The van der Waals surface area contributed by atoms with Gasteiger partial charge in [-0.1, -0.05) is 6.92 Å². The monoisotopic (exact) mass is 292 g/mol. The summed E-state index contributed by atoms with van der Waals surface area (Å²) in [6.45, 7) is 3.00. The molecule has 98 valence electrons. The molecule has 0 saturated carbocycles. The van der Waals surface area contributed by atoms with Crippen LogP contribution in [0.3, 0.4) is 0 Å². The van der Waals surface area contributed by atoms with Gasteiger partial charge in [-0.25, -0.2) is 9.97 Å². The zero-order valence-electron chi connectivity index (χ0n) is 10.5. The molecule has 0 bridgehead atoms. The number of thiazole rings is 1. The zero-order chi connectivity index (χ0) is 13.2. The largest absolute Gasteiger partial charge is 0.326 e. The fourth-order valence-electron chi connectivity index (χ4n) is 2.17. The van der Waals surface area contributed by atoms with Crippen molar-refractivity contribution in [1.82, 2.24) is 19.5 Å².